The van der Waals surface area contributed by atoms with Gasteiger partial charge in [-0.2, -0.15) is 0 Å². The van der Waals surface area contributed by atoms with Crippen LogP contribution in [0.4, 0.5) is 0 Å². The van der Waals surface area contributed by atoms with Gasteiger partial charge in [0.2, 0.25) is 0 Å². The summed E-state index contributed by atoms with van der Waals surface area (Å²) in [6, 6.07) is 0. The van der Waals surface area contributed by atoms with Gasteiger partial charge in [-0.3, -0.25) is 4.90 Å². The summed E-state index contributed by atoms with van der Waals surface area (Å²) in [6.45, 7) is 11.0. The van der Waals surface area contributed by atoms with Gasteiger partial charge in [-0.1, -0.05) is 13.8 Å². The van der Waals surface area contributed by atoms with Crippen molar-refractivity contribution in [3.8, 4) is 0 Å². The SMILES string of the molecule is CC1CC(CN)(N2CCC(C)C(C)C2)CCO1. The van der Waals surface area contributed by atoms with Gasteiger partial charge in [0.25, 0.3) is 0 Å². The molecule has 2 aliphatic rings. The van der Waals surface area contributed by atoms with E-state index in [0.717, 1.165) is 37.8 Å². The zero-order chi connectivity index (χ0) is 12.5. The number of nitrogens with two attached hydrogens (primary N) is 1. The highest BCUT2D eigenvalue weighted by Crippen LogP contribution is 2.35. The topological polar surface area (TPSA) is 38.5 Å². The largest absolute Gasteiger partial charge is 0.378 e. The number of likely N-dealkylation sites (tertiary alicyclic amines) is 1. The van der Waals surface area contributed by atoms with Gasteiger partial charge in [-0.25, -0.2) is 0 Å². The fraction of sp³-hybridized carbons (Fsp3) is 1.00. The molecule has 0 aromatic heterocycles. The molecule has 0 saturated carbocycles. The molecular formula is C14H28N2O. The molecule has 2 aliphatic heterocycles. The summed E-state index contributed by atoms with van der Waals surface area (Å²) in [5.74, 6) is 1.66. The van der Waals surface area contributed by atoms with Crippen molar-refractivity contribution in [2.75, 3.05) is 26.2 Å². The standard InChI is InChI=1S/C14H28N2O/c1-11-4-6-16(9-12(11)2)14(10-15)5-7-17-13(3)8-14/h11-13H,4-10,15H2,1-3H3. The molecule has 3 nitrogen and oxygen atoms in total. The van der Waals surface area contributed by atoms with E-state index in [9.17, 15) is 0 Å². The number of piperidine rings is 1. The Bertz CT molecular complexity index is 259. The van der Waals surface area contributed by atoms with Gasteiger partial charge in [0, 0.05) is 25.2 Å². The maximum absolute atomic E-state index is 6.11. The van der Waals surface area contributed by atoms with Crippen LogP contribution in [0.2, 0.25) is 0 Å². The lowest BCUT2D eigenvalue weighted by Gasteiger charge is -2.51. The Morgan fingerprint density at radius 1 is 1.29 bits per heavy atom. The highest BCUT2D eigenvalue weighted by molar-refractivity contribution is 4.97. The van der Waals surface area contributed by atoms with E-state index in [0.29, 0.717) is 6.10 Å². The molecule has 0 bridgehead atoms. The molecule has 0 radical (unpaired) electrons. The zero-order valence-corrected chi connectivity index (χ0v) is 11.6. The highest BCUT2D eigenvalue weighted by Gasteiger charge is 2.41. The lowest BCUT2D eigenvalue weighted by molar-refractivity contribution is -0.0786. The molecule has 2 heterocycles. The quantitative estimate of drug-likeness (QED) is 0.800. The number of hydrogen-bond donors (Lipinski definition) is 1. The lowest BCUT2D eigenvalue weighted by Crippen LogP contribution is -2.61. The minimum Gasteiger partial charge on any atom is -0.378 e. The summed E-state index contributed by atoms with van der Waals surface area (Å²) in [5, 5.41) is 0. The third-order valence-electron chi connectivity index (χ3n) is 5.02. The Balaban J connectivity index is 2.07. The van der Waals surface area contributed by atoms with Crippen LogP contribution in [0.5, 0.6) is 0 Å². The maximum Gasteiger partial charge on any atom is 0.0565 e. The summed E-state index contributed by atoms with van der Waals surface area (Å²) >= 11 is 0. The van der Waals surface area contributed by atoms with Crippen molar-refractivity contribution >= 4 is 0 Å². The molecule has 0 aliphatic carbocycles. The summed E-state index contributed by atoms with van der Waals surface area (Å²) in [6.07, 6.45) is 3.89. The summed E-state index contributed by atoms with van der Waals surface area (Å²) < 4.78 is 5.69. The van der Waals surface area contributed by atoms with E-state index in [1.54, 1.807) is 0 Å². The van der Waals surface area contributed by atoms with Crippen LogP contribution < -0.4 is 5.73 Å². The fourth-order valence-electron chi connectivity index (χ4n) is 3.44. The molecule has 0 spiro atoms. The second kappa shape index (κ2) is 5.25. The van der Waals surface area contributed by atoms with Crippen LogP contribution in [0.1, 0.15) is 40.0 Å². The summed E-state index contributed by atoms with van der Waals surface area (Å²) in [5.41, 5.74) is 6.33. The normalized spacial score (nSPS) is 44.8. The van der Waals surface area contributed by atoms with Gasteiger partial charge in [-0.05, 0) is 44.6 Å². The number of hydrogen-bond acceptors (Lipinski definition) is 3. The van der Waals surface area contributed by atoms with Crippen LogP contribution >= 0.6 is 0 Å². The minimum absolute atomic E-state index is 0.214. The second-order valence-corrected chi connectivity index (χ2v) is 6.25. The first-order valence-corrected chi connectivity index (χ1v) is 7.14. The molecule has 2 fully saturated rings. The Labute approximate surface area is 106 Å². The fourth-order valence-corrected chi connectivity index (χ4v) is 3.44. The van der Waals surface area contributed by atoms with Gasteiger partial charge in [0.05, 0.1) is 6.10 Å². The van der Waals surface area contributed by atoms with Crippen molar-refractivity contribution in [2.24, 2.45) is 17.6 Å². The molecule has 100 valence electrons. The van der Waals surface area contributed by atoms with Gasteiger partial charge in [0.15, 0.2) is 0 Å². The molecule has 0 amide bonds. The van der Waals surface area contributed by atoms with E-state index in [4.69, 9.17) is 10.5 Å². The predicted octanol–water partition coefficient (Wildman–Crippen LogP) is 1.86. The van der Waals surface area contributed by atoms with E-state index < -0.39 is 0 Å². The van der Waals surface area contributed by atoms with Crippen molar-refractivity contribution in [2.45, 2.75) is 51.7 Å². The molecule has 4 atom stereocenters. The third kappa shape index (κ3) is 2.67. The molecule has 2 N–H and O–H groups in total. The Kier molecular flexibility index (Phi) is 4.11. The average Bonchev–Trinajstić information content (AvgIpc) is 2.32. The minimum atomic E-state index is 0.214. The van der Waals surface area contributed by atoms with Crippen LogP contribution in [-0.4, -0.2) is 42.8 Å². The number of nitrogens with zero attached hydrogens (tertiary/aromatic N) is 1. The molecule has 17 heavy (non-hydrogen) atoms. The summed E-state index contributed by atoms with van der Waals surface area (Å²) in [7, 11) is 0. The molecule has 0 aromatic rings. The van der Waals surface area contributed by atoms with E-state index in [-0.39, 0.29) is 5.54 Å². The monoisotopic (exact) mass is 240 g/mol. The number of rotatable bonds is 2. The Hall–Kier alpha value is -0.120. The zero-order valence-electron chi connectivity index (χ0n) is 11.6. The average molecular weight is 240 g/mol. The molecular weight excluding hydrogens is 212 g/mol. The van der Waals surface area contributed by atoms with Crippen LogP contribution in [0, 0.1) is 11.8 Å². The highest BCUT2D eigenvalue weighted by atomic mass is 16.5. The predicted molar refractivity (Wildman–Crippen MR) is 71.0 cm³/mol. The van der Waals surface area contributed by atoms with Gasteiger partial charge in [0.1, 0.15) is 0 Å². The first-order chi connectivity index (χ1) is 8.07. The van der Waals surface area contributed by atoms with Crippen molar-refractivity contribution in [3.63, 3.8) is 0 Å². The van der Waals surface area contributed by atoms with E-state index in [2.05, 4.69) is 25.7 Å². The van der Waals surface area contributed by atoms with E-state index >= 15 is 0 Å². The molecule has 2 rings (SSSR count). The molecule has 0 aromatic carbocycles. The van der Waals surface area contributed by atoms with Crippen molar-refractivity contribution in [3.05, 3.63) is 0 Å². The van der Waals surface area contributed by atoms with E-state index in [1.165, 1.54) is 19.5 Å². The first-order valence-electron chi connectivity index (χ1n) is 7.14. The van der Waals surface area contributed by atoms with Crippen LogP contribution in [0.25, 0.3) is 0 Å². The lowest BCUT2D eigenvalue weighted by atomic mass is 9.80. The van der Waals surface area contributed by atoms with Gasteiger partial charge >= 0.3 is 0 Å². The Morgan fingerprint density at radius 2 is 2.06 bits per heavy atom. The van der Waals surface area contributed by atoms with Crippen molar-refractivity contribution in [1.29, 1.82) is 0 Å². The number of ether oxygens (including phenoxy) is 1. The van der Waals surface area contributed by atoms with Crippen molar-refractivity contribution in [1.82, 2.24) is 4.90 Å². The first kappa shape index (κ1) is 13.3. The summed E-state index contributed by atoms with van der Waals surface area (Å²) in [4.78, 5) is 2.66. The van der Waals surface area contributed by atoms with Gasteiger partial charge in [-0.15, -0.1) is 0 Å². The van der Waals surface area contributed by atoms with Crippen molar-refractivity contribution < 1.29 is 4.74 Å². The maximum atomic E-state index is 6.11. The Morgan fingerprint density at radius 3 is 2.65 bits per heavy atom. The van der Waals surface area contributed by atoms with Crippen LogP contribution in [0.3, 0.4) is 0 Å². The second-order valence-electron chi connectivity index (χ2n) is 6.25. The molecule has 4 unspecified atom stereocenters. The van der Waals surface area contributed by atoms with Crippen LogP contribution in [0.15, 0.2) is 0 Å². The van der Waals surface area contributed by atoms with Crippen LogP contribution in [-0.2, 0) is 4.74 Å². The smallest absolute Gasteiger partial charge is 0.0565 e. The van der Waals surface area contributed by atoms with E-state index in [1.807, 2.05) is 0 Å². The van der Waals surface area contributed by atoms with Gasteiger partial charge < -0.3 is 10.5 Å². The molecule has 3 heteroatoms. The molecule has 2 saturated heterocycles. The third-order valence-corrected chi connectivity index (χ3v) is 5.02.